The van der Waals surface area contributed by atoms with Crippen molar-refractivity contribution in [2.75, 3.05) is 5.75 Å². The second-order valence-electron chi connectivity index (χ2n) is 6.42. The van der Waals surface area contributed by atoms with Gasteiger partial charge in [0.1, 0.15) is 0 Å². The Morgan fingerprint density at radius 1 is 1.24 bits per heavy atom. The molecule has 118 valence electrons. The van der Waals surface area contributed by atoms with Crippen LogP contribution >= 0.6 is 11.8 Å². The van der Waals surface area contributed by atoms with Gasteiger partial charge in [0.05, 0.1) is 12.1 Å². The van der Waals surface area contributed by atoms with Crippen LogP contribution in [0.25, 0.3) is 0 Å². The summed E-state index contributed by atoms with van der Waals surface area (Å²) in [5, 5.41) is 9.62. The summed E-state index contributed by atoms with van der Waals surface area (Å²) >= 11 is 1.94. The van der Waals surface area contributed by atoms with Crippen LogP contribution in [0.5, 0.6) is 0 Å². The summed E-state index contributed by atoms with van der Waals surface area (Å²) < 4.78 is 0. The van der Waals surface area contributed by atoms with Crippen LogP contribution in [0, 0.1) is 0 Å². The molecular formula is C15H25N3O2S. The molecule has 0 bridgehead atoms. The Kier molecular flexibility index (Phi) is 4.93. The van der Waals surface area contributed by atoms with E-state index in [1.54, 1.807) is 0 Å². The highest BCUT2D eigenvalue weighted by Crippen LogP contribution is 2.33. The molecule has 0 spiro atoms. The van der Waals surface area contributed by atoms with Crippen molar-refractivity contribution in [3.05, 3.63) is 0 Å². The lowest BCUT2D eigenvalue weighted by atomic mass is 10.0. The van der Waals surface area contributed by atoms with E-state index >= 15 is 0 Å². The van der Waals surface area contributed by atoms with Gasteiger partial charge in [0, 0.05) is 23.5 Å². The number of urea groups is 1. The first kappa shape index (κ1) is 15.0. The van der Waals surface area contributed by atoms with Gasteiger partial charge in [-0.15, -0.1) is 0 Å². The van der Waals surface area contributed by atoms with Crippen molar-refractivity contribution in [3.8, 4) is 0 Å². The van der Waals surface area contributed by atoms with Crippen molar-refractivity contribution in [3.63, 3.8) is 0 Å². The van der Waals surface area contributed by atoms with Crippen LogP contribution in [0.2, 0.25) is 0 Å². The Balaban J connectivity index is 1.29. The summed E-state index contributed by atoms with van der Waals surface area (Å²) in [5.41, 5.74) is 0. The molecule has 2 saturated heterocycles. The average Bonchev–Trinajstić information content (AvgIpc) is 3.13. The SMILES string of the molecule is O=C(CCCCC1SCC2NC(=O)NC21)NC1CCCC1. The van der Waals surface area contributed by atoms with Crippen LogP contribution in [0.3, 0.4) is 0 Å². The van der Waals surface area contributed by atoms with E-state index in [9.17, 15) is 9.59 Å². The number of rotatable bonds is 6. The predicted octanol–water partition coefficient (Wildman–Crippen LogP) is 1.77. The van der Waals surface area contributed by atoms with Crippen LogP contribution in [0.4, 0.5) is 4.79 Å². The molecular weight excluding hydrogens is 286 g/mol. The maximum atomic E-state index is 11.8. The molecule has 0 aromatic carbocycles. The first-order valence-electron chi connectivity index (χ1n) is 8.20. The fourth-order valence-electron chi connectivity index (χ4n) is 3.64. The van der Waals surface area contributed by atoms with Gasteiger partial charge in [-0.05, 0) is 25.7 Å². The molecule has 1 saturated carbocycles. The summed E-state index contributed by atoms with van der Waals surface area (Å²) in [6, 6.07) is 1.00. The van der Waals surface area contributed by atoms with E-state index in [-0.39, 0.29) is 18.0 Å². The Morgan fingerprint density at radius 3 is 2.86 bits per heavy atom. The van der Waals surface area contributed by atoms with Gasteiger partial charge >= 0.3 is 6.03 Å². The minimum absolute atomic E-state index is 0.0220. The molecule has 1 aliphatic carbocycles. The quantitative estimate of drug-likeness (QED) is 0.517. The molecule has 3 atom stereocenters. The number of unbranched alkanes of at least 4 members (excludes halogenated alkanes) is 1. The summed E-state index contributed by atoms with van der Waals surface area (Å²) in [7, 11) is 0. The minimum atomic E-state index is -0.0220. The summed E-state index contributed by atoms with van der Waals surface area (Å²) in [5.74, 6) is 1.23. The van der Waals surface area contributed by atoms with Gasteiger partial charge in [-0.1, -0.05) is 19.3 Å². The van der Waals surface area contributed by atoms with Crippen molar-refractivity contribution in [1.82, 2.24) is 16.0 Å². The molecule has 3 N–H and O–H groups in total. The van der Waals surface area contributed by atoms with E-state index in [1.165, 1.54) is 12.8 Å². The third-order valence-corrected chi connectivity index (χ3v) is 6.31. The molecule has 2 aliphatic heterocycles. The maximum Gasteiger partial charge on any atom is 0.315 e. The maximum absolute atomic E-state index is 11.8. The van der Waals surface area contributed by atoms with Crippen LogP contribution < -0.4 is 16.0 Å². The number of hydrogen-bond donors (Lipinski definition) is 3. The summed E-state index contributed by atoms with van der Waals surface area (Å²) in [6.45, 7) is 0. The van der Waals surface area contributed by atoms with Crippen LogP contribution in [-0.4, -0.2) is 41.1 Å². The number of hydrogen-bond acceptors (Lipinski definition) is 3. The van der Waals surface area contributed by atoms with Gasteiger partial charge in [-0.25, -0.2) is 4.79 Å². The van der Waals surface area contributed by atoms with E-state index in [0.717, 1.165) is 37.9 Å². The van der Waals surface area contributed by atoms with Gasteiger partial charge in [0.2, 0.25) is 5.91 Å². The van der Waals surface area contributed by atoms with Crippen molar-refractivity contribution >= 4 is 23.7 Å². The zero-order valence-corrected chi connectivity index (χ0v) is 13.2. The van der Waals surface area contributed by atoms with Crippen molar-refractivity contribution < 1.29 is 9.59 Å². The highest BCUT2D eigenvalue weighted by molar-refractivity contribution is 8.00. The lowest BCUT2D eigenvalue weighted by Crippen LogP contribution is -2.36. The predicted molar refractivity (Wildman–Crippen MR) is 84.4 cm³/mol. The zero-order chi connectivity index (χ0) is 14.7. The Labute approximate surface area is 130 Å². The Bertz CT molecular complexity index is 398. The summed E-state index contributed by atoms with van der Waals surface area (Å²) in [6.07, 6.45) is 8.57. The number of nitrogens with one attached hydrogen (secondary N) is 3. The van der Waals surface area contributed by atoms with Gasteiger partial charge < -0.3 is 16.0 Å². The van der Waals surface area contributed by atoms with E-state index in [1.807, 2.05) is 11.8 Å². The number of amides is 3. The molecule has 3 aliphatic rings. The number of fused-ring (bicyclic) bond motifs is 1. The standard InChI is InChI=1S/C15H25N3O2S/c19-13(16-10-5-1-2-6-10)8-4-3-7-12-14-11(9-21-12)17-15(20)18-14/h10-12,14H,1-9H2,(H,16,19)(H2,17,18,20). The van der Waals surface area contributed by atoms with E-state index in [4.69, 9.17) is 0 Å². The molecule has 3 fully saturated rings. The Hall–Kier alpha value is -0.910. The smallest absolute Gasteiger partial charge is 0.315 e. The zero-order valence-electron chi connectivity index (χ0n) is 12.4. The lowest BCUT2D eigenvalue weighted by Gasteiger charge is -2.16. The second-order valence-corrected chi connectivity index (χ2v) is 7.69. The third kappa shape index (κ3) is 3.84. The Morgan fingerprint density at radius 2 is 2.05 bits per heavy atom. The first-order chi connectivity index (χ1) is 10.2. The molecule has 5 nitrogen and oxygen atoms in total. The van der Waals surface area contributed by atoms with Crippen molar-refractivity contribution in [2.45, 2.75) is 74.7 Å². The monoisotopic (exact) mass is 311 g/mol. The summed E-state index contributed by atoms with van der Waals surface area (Å²) in [4.78, 5) is 23.1. The molecule has 21 heavy (non-hydrogen) atoms. The molecule has 6 heteroatoms. The van der Waals surface area contributed by atoms with Crippen molar-refractivity contribution in [1.29, 1.82) is 0 Å². The van der Waals surface area contributed by atoms with Crippen LogP contribution in [0.1, 0.15) is 51.4 Å². The molecule has 3 unspecified atom stereocenters. The molecule has 0 aromatic rings. The number of carbonyl (C=O) groups is 2. The normalized spacial score (nSPS) is 31.8. The molecule has 0 aromatic heterocycles. The minimum Gasteiger partial charge on any atom is -0.353 e. The van der Waals surface area contributed by atoms with Crippen LogP contribution in [-0.2, 0) is 4.79 Å². The fraction of sp³-hybridized carbons (Fsp3) is 0.867. The van der Waals surface area contributed by atoms with Gasteiger partial charge in [0.15, 0.2) is 0 Å². The van der Waals surface area contributed by atoms with Crippen molar-refractivity contribution in [2.24, 2.45) is 0 Å². The molecule has 2 heterocycles. The van der Waals surface area contributed by atoms with Crippen LogP contribution in [0.15, 0.2) is 0 Å². The topological polar surface area (TPSA) is 70.2 Å². The molecule has 0 radical (unpaired) electrons. The van der Waals surface area contributed by atoms with E-state index < -0.39 is 0 Å². The average molecular weight is 311 g/mol. The molecule has 3 rings (SSSR count). The van der Waals surface area contributed by atoms with E-state index in [2.05, 4.69) is 16.0 Å². The molecule has 3 amide bonds. The highest BCUT2D eigenvalue weighted by atomic mass is 32.2. The first-order valence-corrected chi connectivity index (χ1v) is 9.25. The van der Waals surface area contributed by atoms with E-state index in [0.29, 0.717) is 23.8 Å². The lowest BCUT2D eigenvalue weighted by molar-refractivity contribution is -0.121. The fourth-order valence-corrected chi connectivity index (χ4v) is 5.19. The number of thioether (sulfide) groups is 1. The van der Waals surface area contributed by atoms with Gasteiger partial charge in [0.25, 0.3) is 0 Å². The third-order valence-electron chi connectivity index (χ3n) is 4.80. The van der Waals surface area contributed by atoms with Gasteiger partial charge in [-0.2, -0.15) is 11.8 Å². The highest BCUT2D eigenvalue weighted by Gasteiger charge is 2.42. The number of carbonyl (C=O) groups excluding carboxylic acids is 2. The van der Waals surface area contributed by atoms with Gasteiger partial charge in [-0.3, -0.25) is 4.79 Å². The largest absolute Gasteiger partial charge is 0.353 e. The second kappa shape index (κ2) is 6.90.